The van der Waals surface area contributed by atoms with E-state index in [1.807, 2.05) is 54.6 Å². The molecule has 0 bridgehead atoms. The summed E-state index contributed by atoms with van der Waals surface area (Å²) in [6.45, 7) is 0.518. The lowest BCUT2D eigenvalue weighted by molar-refractivity contribution is 0.421. The van der Waals surface area contributed by atoms with Crippen LogP contribution in [0.5, 0.6) is 5.88 Å². The number of hydrogen-bond donors (Lipinski definition) is 2. The first-order valence-electron chi connectivity index (χ1n) is 7.05. The van der Waals surface area contributed by atoms with Crippen molar-refractivity contribution in [1.82, 2.24) is 4.57 Å². The zero-order chi connectivity index (χ0) is 15.5. The average molecular weight is 289 g/mol. The highest BCUT2D eigenvalue weighted by atomic mass is 16.3. The van der Waals surface area contributed by atoms with Crippen LogP contribution in [0.15, 0.2) is 54.6 Å². The molecule has 0 amide bonds. The number of fused-ring (bicyclic) bond motifs is 1. The van der Waals surface area contributed by atoms with Crippen LogP contribution in [0.4, 0.5) is 0 Å². The molecular weight excluding hydrogens is 274 g/mol. The summed E-state index contributed by atoms with van der Waals surface area (Å²) in [6.07, 6.45) is 0.723. The molecule has 0 aliphatic heterocycles. The van der Waals surface area contributed by atoms with E-state index in [1.165, 1.54) is 0 Å². The zero-order valence-electron chi connectivity index (χ0n) is 12.0. The van der Waals surface area contributed by atoms with Crippen LogP contribution in [0.2, 0.25) is 0 Å². The molecule has 4 heteroatoms. The molecule has 0 saturated carbocycles. The second kappa shape index (κ2) is 5.74. The van der Waals surface area contributed by atoms with Crippen molar-refractivity contribution >= 4 is 16.5 Å². The van der Waals surface area contributed by atoms with Gasteiger partial charge in [0.1, 0.15) is 6.07 Å². The first-order valence-corrected chi connectivity index (χ1v) is 7.05. The monoisotopic (exact) mass is 289 g/mol. The topological polar surface area (TPSA) is 72.8 Å². The zero-order valence-corrected chi connectivity index (χ0v) is 12.0. The first-order chi connectivity index (χ1) is 10.7. The minimum atomic E-state index is -0.135. The quantitative estimate of drug-likeness (QED) is 0.722. The Kier molecular flexibility index (Phi) is 3.63. The van der Waals surface area contributed by atoms with Crippen molar-refractivity contribution in [2.75, 3.05) is 0 Å². The molecule has 2 aromatic carbocycles. The molecule has 1 heterocycles. The lowest BCUT2D eigenvalue weighted by Crippen LogP contribution is -2.09. The molecule has 0 aliphatic rings. The molecule has 108 valence electrons. The van der Waals surface area contributed by atoms with E-state index >= 15 is 0 Å². The van der Waals surface area contributed by atoms with Crippen molar-refractivity contribution in [3.63, 3.8) is 0 Å². The second-order valence-corrected chi connectivity index (χ2v) is 5.09. The largest absolute Gasteiger partial charge is 0.494 e. The summed E-state index contributed by atoms with van der Waals surface area (Å²) in [7, 11) is 0. The normalized spacial score (nSPS) is 10.5. The maximum Gasteiger partial charge on any atom is 0.199 e. The number of aromatic nitrogens is 1. The molecule has 3 rings (SSSR count). The smallest absolute Gasteiger partial charge is 0.199 e. The molecule has 0 radical (unpaired) electrons. The first kappa shape index (κ1) is 13.9. The summed E-state index contributed by atoms with van der Waals surface area (Å²) in [5.74, 6) is 0.113. The predicted molar refractivity (Wildman–Crippen MR) is 86.2 cm³/mol. The van der Waals surface area contributed by atoms with Crippen molar-refractivity contribution in [2.45, 2.75) is 13.0 Å². The molecule has 0 aliphatic carbocycles. The van der Waals surface area contributed by atoms with Crippen LogP contribution in [0.25, 0.3) is 10.8 Å². The number of nitriles is 1. The molecule has 22 heavy (non-hydrogen) atoms. The molecule has 3 aromatic rings. The number of aryl methyl sites for hydroxylation is 1. The highest BCUT2D eigenvalue weighted by Crippen LogP contribution is 2.31. The van der Waals surface area contributed by atoms with Gasteiger partial charge in [-0.1, -0.05) is 48.5 Å². The van der Waals surface area contributed by atoms with Gasteiger partial charge < -0.3 is 9.67 Å². The lowest BCUT2D eigenvalue weighted by atomic mass is 10.1. The van der Waals surface area contributed by atoms with Crippen LogP contribution in [0.1, 0.15) is 11.3 Å². The summed E-state index contributed by atoms with van der Waals surface area (Å²) >= 11 is 0. The Hall–Kier alpha value is -3.06. The fourth-order valence-corrected chi connectivity index (χ4v) is 2.71. The van der Waals surface area contributed by atoms with E-state index in [9.17, 15) is 5.11 Å². The summed E-state index contributed by atoms with van der Waals surface area (Å²) < 4.78 is 1.66. The third-order valence-electron chi connectivity index (χ3n) is 3.76. The minimum absolute atomic E-state index is 0.113. The van der Waals surface area contributed by atoms with Crippen LogP contribution in [0, 0.1) is 16.7 Å². The number of nitrogens with one attached hydrogen (secondary N) is 1. The summed E-state index contributed by atoms with van der Waals surface area (Å²) in [6, 6.07) is 19.1. The van der Waals surface area contributed by atoms with Crippen LogP contribution in [-0.4, -0.2) is 15.4 Å². The Balaban J connectivity index is 2.06. The highest BCUT2D eigenvalue weighted by Gasteiger charge is 2.18. The number of nitrogens with zero attached hydrogens (tertiary/aromatic N) is 2. The van der Waals surface area contributed by atoms with E-state index in [2.05, 4.69) is 0 Å². The van der Waals surface area contributed by atoms with Gasteiger partial charge in [0.25, 0.3) is 0 Å². The molecule has 0 atom stereocenters. The van der Waals surface area contributed by atoms with Crippen LogP contribution in [0.3, 0.4) is 0 Å². The molecule has 1 aromatic heterocycles. The maximum atomic E-state index is 10.4. The fraction of sp³-hybridized carbons (Fsp3) is 0.111. The Morgan fingerprint density at radius 3 is 2.36 bits per heavy atom. The van der Waals surface area contributed by atoms with Crippen molar-refractivity contribution in [3.8, 4) is 11.9 Å². The van der Waals surface area contributed by atoms with Gasteiger partial charge in [0.15, 0.2) is 11.6 Å². The Labute approximate surface area is 128 Å². The number of aromatic hydroxyl groups is 1. The van der Waals surface area contributed by atoms with Gasteiger partial charge >= 0.3 is 0 Å². The van der Waals surface area contributed by atoms with Gasteiger partial charge in [-0.3, -0.25) is 5.41 Å². The molecule has 0 unspecified atom stereocenters. The van der Waals surface area contributed by atoms with E-state index in [0.29, 0.717) is 17.6 Å². The maximum absolute atomic E-state index is 10.4. The third-order valence-corrected chi connectivity index (χ3v) is 3.76. The molecule has 0 saturated heterocycles. The van der Waals surface area contributed by atoms with Gasteiger partial charge in [0.05, 0.1) is 5.69 Å². The van der Waals surface area contributed by atoms with Crippen molar-refractivity contribution < 1.29 is 5.11 Å². The summed E-state index contributed by atoms with van der Waals surface area (Å²) in [5, 5.41) is 28.9. The van der Waals surface area contributed by atoms with E-state index in [0.717, 1.165) is 17.4 Å². The van der Waals surface area contributed by atoms with Gasteiger partial charge in [-0.25, -0.2) is 0 Å². The van der Waals surface area contributed by atoms with Gasteiger partial charge in [-0.05, 0) is 18.1 Å². The van der Waals surface area contributed by atoms with Gasteiger partial charge in [-0.15, -0.1) is 0 Å². The van der Waals surface area contributed by atoms with Crippen LogP contribution < -0.4 is 0 Å². The Morgan fingerprint density at radius 2 is 1.68 bits per heavy atom. The minimum Gasteiger partial charge on any atom is -0.494 e. The number of benzene rings is 2. The Morgan fingerprint density at radius 1 is 1.05 bits per heavy atom. The SMILES string of the molecule is N#CC(=N)c1c2ccccc2c(O)n1CCc1ccccc1. The van der Waals surface area contributed by atoms with E-state index in [-0.39, 0.29) is 11.6 Å². The van der Waals surface area contributed by atoms with Gasteiger partial charge in [0, 0.05) is 17.3 Å². The third kappa shape index (κ3) is 2.33. The van der Waals surface area contributed by atoms with E-state index in [4.69, 9.17) is 10.7 Å². The number of rotatable bonds is 4. The van der Waals surface area contributed by atoms with Crippen molar-refractivity contribution in [3.05, 3.63) is 65.9 Å². The lowest BCUT2D eigenvalue weighted by Gasteiger charge is -2.09. The molecular formula is C18H15N3O. The fourth-order valence-electron chi connectivity index (χ4n) is 2.71. The highest BCUT2D eigenvalue weighted by molar-refractivity contribution is 6.17. The van der Waals surface area contributed by atoms with Crippen LogP contribution in [-0.2, 0) is 13.0 Å². The van der Waals surface area contributed by atoms with Gasteiger partial charge in [-0.2, -0.15) is 5.26 Å². The second-order valence-electron chi connectivity index (χ2n) is 5.09. The number of hydrogen-bond acceptors (Lipinski definition) is 3. The molecule has 0 spiro atoms. The van der Waals surface area contributed by atoms with E-state index < -0.39 is 0 Å². The predicted octanol–water partition coefficient (Wildman–Crippen LogP) is 3.48. The van der Waals surface area contributed by atoms with Gasteiger partial charge in [0.2, 0.25) is 0 Å². The van der Waals surface area contributed by atoms with Crippen molar-refractivity contribution in [1.29, 1.82) is 10.7 Å². The van der Waals surface area contributed by atoms with E-state index in [1.54, 1.807) is 10.6 Å². The standard InChI is InChI=1S/C18H15N3O/c19-12-16(20)17-14-8-4-5-9-15(14)18(22)21(17)11-10-13-6-2-1-3-7-13/h1-9,20,22H,10-11H2. The van der Waals surface area contributed by atoms with Crippen LogP contribution >= 0.6 is 0 Å². The van der Waals surface area contributed by atoms with Crippen molar-refractivity contribution in [2.24, 2.45) is 0 Å². The molecule has 0 fully saturated rings. The summed E-state index contributed by atoms with van der Waals surface area (Å²) in [5.41, 5.74) is 1.49. The summed E-state index contributed by atoms with van der Waals surface area (Å²) in [4.78, 5) is 0. The Bertz CT molecular complexity index is 872. The molecule has 4 nitrogen and oxygen atoms in total. The average Bonchev–Trinajstić information content (AvgIpc) is 2.86. The molecule has 2 N–H and O–H groups in total.